The highest BCUT2D eigenvalue weighted by atomic mass is 32.2. The first kappa shape index (κ1) is 10.4. The Morgan fingerprint density at radius 1 is 1.29 bits per heavy atom. The van der Waals surface area contributed by atoms with Crippen molar-refractivity contribution in [3.05, 3.63) is 24.3 Å². The van der Waals surface area contributed by atoms with E-state index in [2.05, 4.69) is 34.6 Å². The number of para-hydroxylation sites is 1. The molecule has 4 rings (SSSR count). The number of hydrogen-bond acceptors (Lipinski definition) is 4. The fourth-order valence-electron chi connectivity index (χ4n) is 2.87. The van der Waals surface area contributed by atoms with Gasteiger partial charge < -0.3 is 5.32 Å². The van der Waals surface area contributed by atoms with E-state index in [0.29, 0.717) is 0 Å². The summed E-state index contributed by atoms with van der Waals surface area (Å²) in [5.41, 5.74) is 1.15. The van der Waals surface area contributed by atoms with Crippen LogP contribution >= 0.6 is 23.1 Å². The van der Waals surface area contributed by atoms with Gasteiger partial charge in [0.25, 0.3) is 0 Å². The average Bonchev–Trinajstić information content (AvgIpc) is 2.76. The Bertz CT molecular complexity index is 508. The van der Waals surface area contributed by atoms with Crippen LogP contribution in [0.25, 0.3) is 10.2 Å². The molecule has 2 heterocycles. The van der Waals surface area contributed by atoms with Gasteiger partial charge in [-0.05, 0) is 43.0 Å². The molecule has 2 aliphatic rings. The van der Waals surface area contributed by atoms with E-state index in [1.807, 2.05) is 23.1 Å². The van der Waals surface area contributed by atoms with Crippen LogP contribution < -0.4 is 5.32 Å². The molecule has 2 aromatic rings. The fourth-order valence-corrected chi connectivity index (χ4v) is 5.27. The highest BCUT2D eigenvalue weighted by molar-refractivity contribution is 8.01. The summed E-state index contributed by atoms with van der Waals surface area (Å²) in [7, 11) is 0. The van der Waals surface area contributed by atoms with Crippen molar-refractivity contribution in [3.8, 4) is 0 Å². The monoisotopic (exact) mass is 262 g/mol. The Morgan fingerprint density at radius 2 is 2.12 bits per heavy atom. The van der Waals surface area contributed by atoms with E-state index in [4.69, 9.17) is 0 Å². The van der Waals surface area contributed by atoms with E-state index in [1.165, 1.54) is 27.9 Å². The molecule has 1 aromatic heterocycles. The van der Waals surface area contributed by atoms with Crippen LogP contribution in [0.5, 0.6) is 0 Å². The van der Waals surface area contributed by atoms with Gasteiger partial charge in [-0.1, -0.05) is 23.9 Å². The second kappa shape index (κ2) is 3.97. The maximum atomic E-state index is 4.67. The van der Waals surface area contributed by atoms with E-state index in [-0.39, 0.29) is 0 Å². The highest BCUT2D eigenvalue weighted by Gasteiger charge is 2.52. The molecule has 4 heteroatoms. The lowest BCUT2D eigenvalue weighted by Gasteiger charge is -2.01. The third-order valence-corrected chi connectivity index (χ3v) is 6.27. The SMILES string of the molecule is c1ccc2sc(SCC3[C@H]4CNC[C@@H]34)nc2c1. The molecule has 0 radical (unpaired) electrons. The van der Waals surface area contributed by atoms with Gasteiger partial charge in [0.1, 0.15) is 0 Å². The zero-order valence-corrected chi connectivity index (χ0v) is 11.1. The lowest BCUT2D eigenvalue weighted by Crippen LogP contribution is -2.15. The first-order valence-corrected chi connectivity index (χ1v) is 7.91. The summed E-state index contributed by atoms with van der Waals surface area (Å²) in [5, 5.41) is 3.45. The quantitative estimate of drug-likeness (QED) is 0.861. The maximum absolute atomic E-state index is 4.67. The van der Waals surface area contributed by atoms with Crippen molar-refractivity contribution in [1.29, 1.82) is 0 Å². The summed E-state index contributed by atoms with van der Waals surface area (Å²) < 4.78 is 2.55. The number of piperidine rings is 1. The minimum atomic E-state index is 0.952. The number of thiazole rings is 1. The number of fused-ring (bicyclic) bond motifs is 2. The Kier molecular flexibility index (Phi) is 2.42. The molecule has 17 heavy (non-hydrogen) atoms. The summed E-state index contributed by atoms with van der Waals surface area (Å²) in [6.45, 7) is 2.49. The minimum Gasteiger partial charge on any atom is -0.316 e. The number of nitrogens with zero attached hydrogens (tertiary/aromatic N) is 1. The Hall–Kier alpha value is -0.580. The normalized spacial score (nSPS) is 30.7. The molecule has 1 N–H and O–H groups in total. The fraction of sp³-hybridized carbons (Fsp3) is 0.462. The van der Waals surface area contributed by atoms with Gasteiger partial charge in [-0.25, -0.2) is 4.98 Å². The molecule has 1 aromatic carbocycles. The number of benzene rings is 1. The third kappa shape index (κ3) is 1.79. The van der Waals surface area contributed by atoms with Gasteiger partial charge in [0, 0.05) is 5.75 Å². The minimum absolute atomic E-state index is 0.952. The number of thioether (sulfide) groups is 1. The molecule has 1 saturated heterocycles. The summed E-state index contributed by atoms with van der Waals surface area (Å²) in [4.78, 5) is 4.67. The first-order chi connectivity index (χ1) is 8.42. The van der Waals surface area contributed by atoms with Crippen molar-refractivity contribution in [2.75, 3.05) is 18.8 Å². The molecular formula is C13H14N2S2. The van der Waals surface area contributed by atoms with E-state index >= 15 is 0 Å². The molecule has 2 fully saturated rings. The average molecular weight is 262 g/mol. The molecule has 3 atom stereocenters. The molecule has 0 spiro atoms. The van der Waals surface area contributed by atoms with E-state index in [9.17, 15) is 0 Å². The van der Waals surface area contributed by atoms with Crippen molar-refractivity contribution in [2.24, 2.45) is 17.8 Å². The molecule has 0 amide bonds. The van der Waals surface area contributed by atoms with Crippen LogP contribution in [0.2, 0.25) is 0 Å². The predicted octanol–water partition coefficient (Wildman–Crippen LogP) is 2.85. The molecule has 88 valence electrons. The number of hydrogen-bond donors (Lipinski definition) is 1. The smallest absolute Gasteiger partial charge is 0.151 e. The molecule has 1 unspecified atom stereocenters. The molecule has 1 aliphatic heterocycles. The molecular weight excluding hydrogens is 248 g/mol. The maximum Gasteiger partial charge on any atom is 0.151 e. The number of rotatable bonds is 3. The second-order valence-electron chi connectivity index (χ2n) is 4.91. The standard InChI is InChI=1S/C13H14N2S2/c1-2-4-12-11(3-1)15-13(17-12)16-7-10-8-5-14-6-9(8)10/h1-4,8-10,14H,5-7H2/t8-,9+,10?. The zero-order chi connectivity index (χ0) is 11.2. The van der Waals surface area contributed by atoms with Crippen molar-refractivity contribution < 1.29 is 0 Å². The molecule has 2 nitrogen and oxygen atoms in total. The highest BCUT2D eigenvalue weighted by Crippen LogP contribution is 2.51. The largest absolute Gasteiger partial charge is 0.316 e. The van der Waals surface area contributed by atoms with E-state index in [1.54, 1.807) is 0 Å². The molecule has 0 bridgehead atoms. The Labute approximate surface area is 109 Å². The molecule has 1 saturated carbocycles. The number of nitrogens with one attached hydrogen (secondary N) is 1. The van der Waals surface area contributed by atoms with Gasteiger partial charge in [0.2, 0.25) is 0 Å². The van der Waals surface area contributed by atoms with Crippen LogP contribution in [0.15, 0.2) is 28.6 Å². The topological polar surface area (TPSA) is 24.9 Å². The number of aromatic nitrogens is 1. The summed E-state index contributed by atoms with van der Waals surface area (Å²) in [6.07, 6.45) is 0. The zero-order valence-electron chi connectivity index (χ0n) is 9.43. The van der Waals surface area contributed by atoms with Crippen molar-refractivity contribution >= 4 is 33.3 Å². The lowest BCUT2D eigenvalue weighted by molar-refractivity contribution is 0.640. The summed E-state index contributed by atoms with van der Waals surface area (Å²) >= 11 is 3.78. The van der Waals surface area contributed by atoms with E-state index < -0.39 is 0 Å². The summed E-state index contributed by atoms with van der Waals surface area (Å²) in [6, 6.07) is 8.41. The second-order valence-corrected chi connectivity index (χ2v) is 7.21. The van der Waals surface area contributed by atoms with Gasteiger partial charge >= 0.3 is 0 Å². The van der Waals surface area contributed by atoms with Crippen LogP contribution in [0.4, 0.5) is 0 Å². The van der Waals surface area contributed by atoms with Gasteiger partial charge in [-0.15, -0.1) is 11.3 Å². The Morgan fingerprint density at radius 3 is 2.94 bits per heavy atom. The van der Waals surface area contributed by atoms with Crippen molar-refractivity contribution in [3.63, 3.8) is 0 Å². The van der Waals surface area contributed by atoms with Crippen LogP contribution in [0, 0.1) is 17.8 Å². The van der Waals surface area contributed by atoms with Gasteiger partial charge in [0.05, 0.1) is 10.2 Å². The van der Waals surface area contributed by atoms with Crippen LogP contribution in [-0.4, -0.2) is 23.8 Å². The van der Waals surface area contributed by atoms with Crippen LogP contribution in [0.3, 0.4) is 0 Å². The van der Waals surface area contributed by atoms with Gasteiger partial charge in [0.15, 0.2) is 4.34 Å². The Balaban J connectivity index is 1.45. The van der Waals surface area contributed by atoms with Gasteiger partial charge in [-0.2, -0.15) is 0 Å². The van der Waals surface area contributed by atoms with Gasteiger partial charge in [-0.3, -0.25) is 0 Å². The first-order valence-electron chi connectivity index (χ1n) is 6.11. The summed E-state index contributed by atoms with van der Waals surface area (Å²) in [5.74, 6) is 4.15. The van der Waals surface area contributed by atoms with Crippen molar-refractivity contribution in [1.82, 2.24) is 10.3 Å². The van der Waals surface area contributed by atoms with Crippen molar-refractivity contribution in [2.45, 2.75) is 4.34 Å². The lowest BCUT2D eigenvalue weighted by atomic mass is 10.3. The third-order valence-electron chi connectivity index (χ3n) is 3.94. The molecule has 1 aliphatic carbocycles. The van der Waals surface area contributed by atoms with Crippen LogP contribution in [-0.2, 0) is 0 Å². The van der Waals surface area contributed by atoms with Crippen LogP contribution in [0.1, 0.15) is 0 Å². The predicted molar refractivity (Wildman–Crippen MR) is 73.7 cm³/mol. The van der Waals surface area contributed by atoms with E-state index in [0.717, 1.165) is 23.3 Å².